The van der Waals surface area contributed by atoms with Gasteiger partial charge in [-0.05, 0) is 0 Å². The Bertz CT molecular complexity index is 1030. The SMILES string of the molecule is Nc1nc2c3c4c(c5c2c2c1OP(=O)(O2)O5)OP(=O)(O4)O3. The normalized spacial score (nSPS) is 31.2. The number of benzene rings is 1. The number of phosphoric ester groups is 2. The molecule has 21 heavy (non-hydrogen) atoms. The molecule has 0 saturated heterocycles. The van der Waals surface area contributed by atoms with E-state index in [9.17, 15) is 9.13 Å². The molecule has 5 heterocycles. The molecule has 4 bridgehead atoms. The van der Waals surface area contributed by atoms with Gasteiger partial charge in [0.15, 0.2) is 17.3 Å². The van der Waals surface area contributed by atoms with E-state index in [1.165, 1.54) is 0 Å². The Morgan fingerprint density at radius 2 is 1.19 bits per heavy atom. The summed E-state index contributed by atoms with van der Waals surface area (Å²) in [6.45, 7) is 0. The molecule has 0 radical (unpaired) electrons. The molecule has 2 atom stereocenters. The number of fused-ring (bicyclic) bond motifs is 4. The fourth-order valence-electron chi connectivity index (χ4n) is 2.66. The largest absolute Gasteiger partial charge is 0.647 e. The molecule has 0 saturated carbocycles. The number of pyridine rings is 1. The van der Waals surface area contributed by atoms with Gasteiger partial charge in [-0.15, -0.1) is 0 Å². The average molecular weight is 328 g/mol. The predicted octanol–water partition coefficient (Wildman–Crippen LogP) is 2.36. The molecule has 0 spiro atoms. The van der Waals surface area contributed by atoms with Crippen molar-refractivity contribution in [1.82, 2.24) is 4.98 Å². The molecule has 2 aromatic rings. The number of nitrogens with two attached hydrogens (primary N) is 1. The highest BCUT2D eigenvalue weighted by molar-refractivity contribution is 7.51. The van der Waals surface area contributed by atoms with Gasteiger partial charge >= 0.3 is 15.6 Å². The van der Waals surface area contributed by atoms with E-state index in [0.717, 1.165) is 0 Å². The lowest BCUT2D eigenvalue weighted by atomic mass is 10.1. The maximum absolute atomic E-state index is 12.3. The van der Waals surface area contributed by atoms with Gasteiger partial charge in [0.05, 0.1) is 5.39 Å². The Hall–Kier alpha value is -2.31. The number of nitrogen functional groups attached to an aromatic ring is 1. The second kappa shape index (κ2) is 2.58. The molecule has 0 aliphatic carbocycles. The molecule has 4 aliphatic rings. The maximum Gasteiger partial charge on any atom is 0.647 e. The van der Waals surface area contributed by atoms with E-state index in [4.69, 9.17) is 32.9 Å². The van der Waals surface area contributed by atoms with E-state index < -0.39 is 15.6 Å². The van der Waals surface area contributed by atoms with Gasteiger partial charge < -0.3 is 32.9 Å². The number of aromatic nitrogens is 1. The number of hydrogen-bond donors (Lipinski definition) is 1. The second-order valence-electron chi connectivity index (χ2n) is 4.64. The first-order valence-electron chi connectivity index (χ1n) is 5.67. The van der Waals surface area contributed by atoms with Crippen molar-refractivity contribution in [3.63, 3.8) is 0 Å². The fourth-order valence-corrected chi connectivity index (χ4v) is 5.25. The smallest absolute Gasteiger partial charge is 0.381 e. The van der Waals surface area contributed by atoms with E-state index >= 15 is 0 Å². The Morgan fingerprint density at radius 1 is 0.714 bits per heavy atom. The van der Waals surface area contributed by atoms with Crippen molar-refractivity contribution < 1.29 is 36.3 Å². The van der Waals surface area contributed by atoms with Gasteiger partial charge in [-0.3, -0.25) is 0 Å². The van der Waals surface area contributed by atoms with Crippen LogP contribution in [0.2, 0.25) is 0 Å². The quantitative estimate of drug-likeness (QED) is 0.719. The zero-order valence-corrected chi connectivity index (χ0v) is 11.5. The minimum absolute atomic E-state index is 0.0400. The third-order valence-corrected chi connectivity index (χ3v) is 5.85. The lowest BCUT2D eigenvalue weighted by Crippen LogP contribution is -2.07. The molecule has 2 unspecified atom stereocenters. The van der Waals surface area contributed by atoms with Gasteiger partial charge in [0, 0.05) is 0 Å². The zero-order chi connectivity index (χ0) is 14.1. The lowest BCUT2D eigenvalue weighted by molar-refractivity contribution is 0.316. The Labute approximate surface area is 114 Å². The van der Waals surface area contributed by atoms with Gasteiger partial charge in [0.1, 0.15) is 5.52 Å². The minimum Gasteiger partial charge on any atom is -0.381 e. The summed E-state index contributed by atoms with van der Waals surface area (Å²) in [5.41, 5.74) is 5.99. The van der Waals surface area contributed by atoms with Gasteiger partial charge in [-0.2, -0.15) is 9.13 Å². The monoisotopic (exact) mass is 328 g/mol. The van der Waals surface area contributed by atoms with Gasteiger partial charge in [0.25, 0.3) is 0 Å². The van der Waals surface area contributed by atoms with E-state index in [1.807, 2.05) is 0 Å². The third kappa shape index (κ3) is 0.950. The molecule has 0 amide bonds. The molecule has 2 N–H and O–H groups in total. The summed E-state index contributed by atoms with van der Waals surface area (Å²) in [5, 5.41) is 0.327. The fraction of sp³-hybridized carbons (Fsp3) is 0. The van der Waals surface area contributed by atoms with Crippen LogP contribution in [-0.2, 0) is 9.13 Å². The summed E-state index contributed by atoms with van der Waals surface area (Å²) in [6.07, 6.45) is 0. The first-order valence-corrected chi connectivity index (χ1v) is 8.59. The van der Waals surface area contributed by atoms with Crippen molar-refractivity contribution in [2.45, 2.75) is 0 Å². The second-order valence-corrected chi connectivity index (χ2v) is 7.52. The van der Waals surface area contributed by atoms with E-state index in [2.05, 4.69) is 4.98 Å². The predicted molar refractivity (Wildman–Crippen MR) is 65.1 cm³/mol. The van der Waals surface area contributed by atoms with Crippen LogP contribution in [-0.4, -0.2) is 4.98 Å². The first kappa shape index (κ1) is 10.4. The van der Waals surface area contributed by atoms with Crippen molar-refractivity contribution in [3.05, 3.63) is 0 Å². The van der Waals surface area contributed by atoms with Crippen molar-refractivity contribution in [1.29, 1.82) is 0 Å². The van der Waals surface area contributed by atoms with Crippen LogP contribution in [0, 0.1) is 0 Å². The van der Waals surface area contributed by atoms with Crippen LogP contribution in [0.15, 0.2) is 0 Å². The molecular weight excluding hydrogens is 326 g/mol. The van der Waals surface area contributed by atoms with Crippen molar-refractivity contribution in [2.24, 2.45) is 0 Å². The van der Waals surface area contributed by atoms with Crippen LogP contribution in [0.5, 0.6) is 34.5 Å². The van der Waals surface area contributed by atoms with E-state index in [0.29, 0.717) is 5.39 Å². The minimum atomic E-state index is -3.88. The number of anilines is 1. The molecular formula is C9H2N2O8P2. The van der Waals surface area contributed by atoms with Gasteiger partial charge in [0.2, 0.25) is 23.0 Å². The van der Waals surface area contributed by atoms with Crippen molar-refractivity contribution in [2.75, 3.05) is 5.73 Å². The zero-order valence-electron chi connectivity index (χ0n) is 9.68. The maximum atomic E-state index is 12.3. The summed E-state index contributed by atoms with van der Waals surface area (Å²) in [7, 11) is -7.64. The van der Waals surface area contributed by atoms with Gasteiger partial charge in [-0.25, -0.2) is 4.98 Å². The summed E-state index contributed by atoms with van der Waals surface area (Å²) in [6, 6.07) is 0. The first-order chi connectivity index (χ1) is 9.96. The van der Waals surface area contributed by atoms with Crippen LogP contribution in [0.3, 0.4) is 0 Å². The molecule has 10 nitrogen and oxygen atoms in total. The Kier molecular flexibility index (Phi) is 1.28. The van der Waals surface area contributed by atoms with Crippen molar-refractivity contribution >= 4 is 32.4 Å². The lowest BCUT2D eigenvalue weighted by Gasteiger charge is -2.20. The van der Waals surface area contributed by atoms with Crippen LogP contribution >= 0.6 is 15.6 Å². The third-order valence-electron chi connectivity index (χ3n) is 3.41. The Balaban J connectivity index is 1.91. The van der Waals surface area contributed by atoms with Crippen LogP contribution in [0.4, 0.5) is 5.82 Å². The van der Waals surface area contributed by atoms with E-state index in [-0.39, 0.29) is 45.8 Å². The van der Waals surface area contributed by atoms with Crippen LogP contribution in [0.1, 0.15) is 0 Å². The summed E-state index contributed by atoms with van der Waals surface area (Å²) < 4.78 is 55.4. The average Bonchev–Trinajstić information content (AvgIpc) is 3.02. The number of nitrogens with zero attached hydrogens (tertiary/aromatic N) is 1. The number of hydrogen-bond acceptors (Lipinski definition) is 10. The summed E-state index contributed by atoms with van der Waals surface area (Å²) in [4.78, 5) is 4.12. The molecule has 1 aromatic carbocycles. The molecule has 0 fully saturated rings. The topological polar surface area (TPSA) is 128 Å². The van der Waals surface area contributed by atoms with Gasteiger partial charge in [-0.1, -0.05) is 0 Å². The van der Waals surface area contributed by atoms with Crippen LogP contribution in [0.25, 0.3) is 10.9 Å². The van der Waals surface area contributed by atoms with Crippen LogP contribution < -0.4 is 32.9 Å². The Morgan fingerprint density at radius 3 is 1.90 bits per heavy atom. The number of rotatable bonds is 0. The molecule has 12 heteroatoms. The summed E-state index contributed by atoms with van der Waals surface area (Å²) >= 11 is 0. The number of phosphoric acid groups is 2. The standard InChI is InChI=1S/C9H2N2O8P2/c10-9-8-4-1-2(11-9)5-7-6(17-21(13,16-5)18-7)3(1)14-20(12,15-4)19-8/h(H2,10,11). The molecule has 4 aliphatic heterocycles. The van der Waals surface area contributed by atoms with E-state index in [1.54, 1.807) is 0 Å². The molecule has 106 valence electrons. The van der Waals surface area contributed by atoms with Crippen molar-refractivity contribution in [3.8, 4) is 34.5 Å². The highest BCUT2D eigenvalue weighted by Gasteiger charge is 2.58. The highest BCUT2D eigenvalue weighted by atomic mass is 31.2. The summed E-state index contributed by atoms with van der Waals surface area (Å²) in [5.74, 6) is 0.430. The highest BCUT2D eigenvalue weighted by Crippen LogP contribution is 2.78. The molecule has 1 aromatic heterocycles. The molecule has 6 rings (SSSR count).